The Morgan fingerprint density at radius 3 is 2.21 bits per heavy atom. The molecule has 9 nitrogen and oxygen atoms in total. The number of rotatable bonds is 9. The minimum absolute atomic E-state index is 0.0141. The van der Waals surface area contributed by atoms with E-state index < -0.39 is 36.2 Å². The number of nitrogens with two attached hydrogens (primary N) is 1. The first kappa shape index (κ1) is 29.3. The Kier molecular flexibility index (Phi) is 8.51. The number of amides is 2. The molecular formula is C29H48N2O7. The van der Waals surface area contributed by atoms with Gasteiger partial charge in [-0.05, 0) is 104 Å². The van der Waals surface area contributed by atoms with Crippen LogP contribution in [0.25, 0.3) is 0 Å². The molecule has 4 aliphatic rings. The Balaban J connectivity index is 1.41. The number of fused-ring (bicyclic) bond motifs is 5. The molecule has 4 rings (SSSR count). The number of aliphatic carboxylic acids is 1. The molecule has 0 aromatic heterocycles. The van der Waals surface area contributed by atoms with E-state index in [9.17, 15) is 34.8 Å². The average Bonchev–Trinajstić information content (AvgIpc) is 3.21. The summed E-state index contributed by atoms with van der Waals surface area (Å²) in [7, 11) is 0. The molecule has 38 heavy (non-hydrogen) atoms. The number of nitrogens with one attached hydrogen (secondary N) is 1. The van der Waals surface area contributed by atoms with Gasteiger partial charge in [0.1, 0.15) is 6.04 Å². The number of primary amides is 1. The highest BCUT2D eigenvalue weighted by atomic mass is 16.4. The summed E-state index contributed by atoms with van der Waals surface area (Å²) in [6.45, 7) is 6.79. The molecule has 9 heteroatoms. The molecule has 0 aromatic carbocycles. The SMILES string of the molecule is CC(CCC(=O)NC(CCC(N)=O)C(=O)O)C1CCC2C3C(O)C(O)C4CC(O)CCC4(C)C3CCC12C. The maximum Gasteiger partial charge on any atom is 0.326 e. The predicted octanol–water partition coefficient (Wildman–Crippen LogP) is 2.20. The van der Waals surface area contributed by atoms with Crippen molar-refractivity contribution in [1.82, 2.24) is 5.32 Å². The van der Waals surface area contributed by atoms with Crippen LogP contribution in [0.4, 0.5) is 0 Å². The third kappa shape index (κ3) is 5.22. The molecule has 0 aromatic rings. The van der Waals surface area contributed by atoms with E-state index in [1.165, 1.54) is 0 Å². The number of hydrogen-bond donors (Lipinski definition) is 6. The molecule has 0 aliphatic heterocycles. The summed E-state index contributed by atoms with van der Waals surface area (Å²) >= 11 is 0. The predicted molar refractivity (Wildman–Crippen MR) is 140 cm³/mol. The van der Waals surface area contributed by atoms with Gasteiger partial charge in [-0.15, -0.1) is 0 Å². The van der Waals surface area contributed by atoms with Crippen molar-refractivity contribution >= 4 is 17.8 Å². The zero-order chi connectivity index (χ0) is 28.0. The van der Waals surface area contributed by atoms with Crippen LogP contribution in [0.2, 0.25) is 0 Å². The Bertz CT molecular complexity index is 913. The molecule has 4 fully saturated rings. The van der Waals surface area contributed by atoms with E-state index in [1.807, 2.05) is 0 Å². The summed E-state index contributed by atoms with van der Waals surface area (Å²) < 4.78 is 0. The molecule has 12 atom stereocenters. The molecule has 0 spiro atoms. The van der Waals surface area contributed by atoms with Crippen molar-refractivity contribution in [2.75, 3.05) is 0 Å². The third-order valence-corrected chi connectivity index (χ3v) is 11.6. The summed E-state index contributed by atoms with van der Waals surface area (Å²) in [4.78, 5) is 35.1. The minimum atomic E-state index is -1.17. The highest BCUT2D eigenvalue weighted by Crippen LogP contribution is 2.68. The number of carbonyl (C=O) groups excluding carboxylic acids is 2. The molecule has 216 valence electrons. The van der Waals surface area contributed by atoms with Gasteiger partial charge in [0.05, 0.1) is 18.3 Å². The van der Waals surface area contributed by atoms with Crippen LogP contribution >= 0.6 is 0 Å². The number of carbonyl (C=O) groups is 3. The van der Waals surface area contributed by atoms with Gasteiger partial charge in [-0.1, -0.05) is 20.8 Å². The van der Waals surface area contributed by atoms with Crippen LogP contribution in [0.15, 0.2) is 0 Å². The minimum Gasteiger partial charge on any atom is -0.480 e. The van der Waals surface area contributed by atoms with Gasteiger partial charge in [-0.3, -0.25) is 9.59 Å². The Morgan fingerprint density at radius 1 is 0.895 bits per heavy atom. The van der Waals surface area contributed by atoms with Crippen LogP contribution in [0, 0.1) is 46.3 Å². The first-order valence-electron chi connectivity index (χ1n) is 14.6. The van der Waals surface area contributed by atoms with Crippen molar-refractivity contribution in [2.24, 2.45) is 52.1 Å². The molecule has 0 radical (unpaired) electrons. The lowest BCUT2D eigenvalue weighted by molar-refractivity contribution is -0.223. The van der Waals surface area contributed by atoms with Crippen LogP contribution in [0.3, 0.4) is 0 Å². The molecule has 4 aliphatic carbocycles. The number of aliphatic hydroxyl groups is 3. The summed E-state index contributed by atoms with van der Waals surface area (Å²) in [6.07, 6.45) is 5.04. The maximum atomic E-state index is 12.6. The second kappa shape index (κ2) is 11.0. The summed E-state index contributed by atoms with van der Waals surface area (Å²) in [5.41, 5.74) is 5.07. The zero-order valence-corrected chi connectivity index (χ0v) is 23.1. The monoisotopic (exact) mass is 536 g/mol. The van der Waals surface area contributed by atoms with E-state index >= 15 is 0 Å². The van der Waals surface area contributed by atoms with Crippen LogP contribution in [-0.2, 0) is 14.4 Å². The van der Waals surface area contributed by atoms with Crippen LogP contribution in [0.5, 0.6) is 0 Å². The number of aliphatic hydroxyl groups excluding tert-OH is 3. The highest BCUT2D eigenvalue weighted by Gasteiger charge is 2.65. The highest BCUT2D eigenvalue weighted by molar-refractivity contribution is 5.84. The fraction of sp³-hybridized carbons (Fsp3) is 0.897. The fourth-order valence-electron chi connectivity index (χ4n) is 9.58. The van der Waals surface area contributed by atoms with E-state index in [-0.39, 0.29) is 53.8 Å². The van der Waals surface area contributed by atoms with Gasteiger partial charge in [0.15, 0.2) is 0 Å². The van der Waals surface area contributed by atoms with Crippen molar-refractivity contribution in [3.63, 3.8) is 0 Å². The van der Waals surface area contributed by atoms with E-state index in [4.69, 9.17) is 5.73 Å². The van der Waals surface area contributed by atoms with Gasteiger partial charge in [-0.2, -0.15) is 0 Å². The van der Waals surface area contributed by atoms with Crippen molar-refractivity contribution in [3.05, 3.63) is 0 Å². The van der Waals surface area contributed by atoms with Gasteiger partial charge in [0.2, 0.25) is 11.8 Å². The zero-order valence-electron chi connectivity index (χ0n) is 23.1. The lowest BCUT2D eigenvalue weighted by atomic mass is 9.43. The second-order valence-electron chi connectivity index (χ2n) is 13.5. The van der Waals surface area contributed by atoms with E-state index in [1.54, 1.807) is 0 Å². The van der Waals surface area contributed by atoms with Crippen LogP contribution in [0.1, 0.15) is 91.4 Å². The Hall–Kier alpha value is -1.71. The molecule has 0 bridgehead atoms. The first-order valence-corrected chi connectivity index (χ1v) is 14.6. The van der Waals surface area contributed by atoms with Crippen LogP contribution in [-0.4, -0.2) is 62.6 Å². The fourth-order valence-corrected chi connectivity index (χ4v) is 9.58. The Labute approximate surface area is 225 Å². The summed E-state index contributed by atoms with van der Waals surface area (Å²) in [6, 6.07) is -1.13. The topological polar surface area (TPSA) is 170 Å². The number of carboxylic acids is 1. The van der Waals surface area contributed by atoms with Gasteiger partial charge in [-0.25, -0.2) is 4.79 Å². The average molecular weight is 537 g/mol. The smallest absolute Gasteiger partial charge is 0.326 e. The van der Waals surface area contributed by atoms with Crippen molar-refractivity contribution in [1.29, 1.82) is 0 Å². The lowest BCUT2D eigenvalue weighted by Gasteiger charge is -2.63. The first-order chi connectivity index (χ1) is 17.8. The van der Waals surface area contributed by atoms with Gasteiger partial charge >= 0.3 is 5.97 Å². The normalized spacial score (nSPS) is 43.7. The quantitative estimate of drug-likeness (QED) is 0.262. The van der Waals surface area contributed by atoms with Gasteiger partial charge in [0.25, 0.3) is 0 Å². The Morgan fingerprint density at radius 2 is 1.55 bits per heavy atom. The molecule has 2 amide bonds. The van der Waals surface area contributed by atoms with E-state index in [0.717, 1.165) is 38.5 Å². The standard InChI is InChI=1S/C29H48N2O7/c1-15(4-9-23(34)31-21(27(37)38)7-8-22(30)33)17-5-6-18-24-19(11-13-28(17,18)2)29(3)12-10-16(32)14-20(29)25(35)26(24)36/h15-21,24-26,32,35-36H,4-14H2,1-3H3,(H2,30,33)(H,31,34)(H,37,38). The van der Waals surface area contributed by atoms with Crippen LogP contribution < -0.4 is 11.1 Å². The summed E-state index contributed by atoms with van der Waals surface area (Å²) in [5, 5.41) is 44.8. The molecular weight excluding hydrogens is 488 g/mol. The summed E-state index contributed by atoms with van der Waals surface area (Å²) in [5.74, 6) is -0.852. The molecule has 7 N–H and O–H groups in total. The van der Waals surface area contributed by atoms with Crippen molar-refractivity contribution in [2.45, 2.75) is 116 Å². The van der Waals surface area contributed by atoms with Crippen molar-refractivity contribution < 1.29 is 34.8 Å². The molecule has 0 saturated heterocycles. The molecule has 0 heterocycles. The van der Waals surface area contributed by atoms with Gasteiger partial charge in [0, 0.05) is 12.8 Å². The van der Waals surface area contributed by atoms with Gasteiger partial charge < -0.3 is 31.5 Å². The van der Waals surface area contributed by atoms with Crippen molar-refractivity contribution in [3.8, 4) is 0 Å². The number of carboxylic acid groups (broad SMARTS) is 1. The van der Waals surface area contributed by atoms with E-state index in [0.29, 0.717) is 30.6 Å². The maximum absolute atomic E-state index is 12.6. The van der Waals surface area contributed by atoms with E-state index in [2.05, 4.69) is 26.1 Å². The second-order valence-corrected chi connectivity index (χ2v) is 13.5. The number of hydrogen-bond acceptors (Lipinski definition) is 6. The molecule has 12 unspecified atom stereocenters. The third-order valence-electron chi connectivity index (χ3n) is 11.6. The molecule has 4 saturated carbocycles. The lowest BCUT2D eigenvalue weighted by Crippen LogP contribution is -2.64. The largest absolute Gasteiger partial charge is 0.480 e.